The highest BCUT2D eigenvalue weighted by Gasteiger charge is 2.45. The van der Waals surface area contributed by atoms with E-state index in [1.165, 1.54) is 50.2 Å². The Morgan fingerprint density at radius 3 is 2.45 bits per heavy atom. The highest BCUT2D eigenvalue weighted by molar-refractivity contribution is 8.00. The summed E-state index contributed by atoms with van der Waals surface area (Å²) in [4.78, 5) is 2.69. The molecule has 0 atom stereocenters. The van der Waals surface area contributed by atoms with Crippen molar-refractivity contribution in [1.29, 1.82) is 0 Å². The lowest BCUT2D eigenvalue weighted by Gasteiger charge is -2.27. The van der Waals surface area contributed by atoms with E-state index in [0.29, 0.717) is 10.2 Å². The second-order valence-corrected chi connectivity index (χ2v) is 8.84. The topological polar surface area (TPSA) is 29.3 Å². The van der Waals surface area contributed by atoms with Crippen molar-refractivity contribution in [2.45, 2.75) is 43.3 Å². The third kappa shape index (κ3) is 3.15. The molecule has 1 saturated heterocycles. The van der Waals surface area contributed by atoms with Gasteiger partial charge in [-0.15, -0.1) is 0 Å². The summed E-state index contributed by atoms with van der Waals surface area (Å²) in [5, 5.41) is 0. The number of benzene rings is 1. The minimum atomic E-state index is 0.423. The summed E-state index contributed by atoms with van der Waals surface area (Å²) in [6, 6.07) is 8.57. The maximum atomic E-state index is 5.81. The summed E-state index contributed by atoms with van der Waals surface area (Å²) in [6.45, 7) is 8.48. The minimum absolute atomic E-state index is 0.423. The van der Waals surface area contributed by atoms with Crippen LogP contribution in [0.5, 0.6) is 0 Å². The molecule has 3 heteroatoms. The fourth-order valence-corrected chi connectivity index (χ4v) is 4.31. The van der Waals surface area contributed by atoms with E-state index in [1.807, 2.05) is 0 Å². The molecule has 1 heterocycles. The van der Waals surface area contributed by atoms with E-state index in [0.717, 1.165) is 5.69 Å². The van der Waals surface area contributed by atoms with Gasteiger partial charge in [0.25, 0.3) is 0 Å². The van der Waals surface area contributed by atoms with Gasteiger partial charge < -0.3 is 10.6 Å². The number of nitrogens with two attached hydrogens (primary N) is 1. The largest absolute Gasteiger partial charge is 0.399 e. The Hall–Kier alpha value is -0.670. The van der Waals surface area contributed by atoms with Crippen LogP contribution in [0.15, 0.2) is 24.3 Å². The first kappa shape index (κ1) is 14.3. The SMILES string of the molecule is CC1(C)CCN(CC2(c3ccc(N)cc3)CC2)CCS1. The van der Waals surface area contributed by atoms with E-state index in [-0.39, 0.29) is 0 Å². The Kier molecular flexibility index (Phi) is 3.76. The van der Waals surface area contributed by atoms with Crippen LogP contribution < -0.4 is 5.73 Å². The molecular formula is C17H26N2S. The zero-order valence-electron chi connectivity index (χ0n) is 12.7. The molecule has 1 aliphatic heterocycles. The Labute approximate surface area is 127 Å². The van der Waals surface area contributed by atoms with Crippen LogP contribution in [0.3, 0.4) is 0 Å². The first-order valence-electron chi connectivity index (χ1n) is 7.72. The average Bonchev–Trinajstić information content (AvgIpc) is 3.18. The zero-order valence-corrected chi connectivity index (χ0v) is 13.5. The van der Waals surface area contributed by atoms with Gasteiger partial charge in [-0.25, -0.2) is 0 Å². The standard InChI is InChI=1S/C17H26N2S/c1-16(2)9-10-19(11-12-20-16)13-17(7-8-17)14-3-5-15(18)6-4-14/h3-6H,7-13,18H2,1-2H3. The van der Waals surface area contributed by atoms with Crippen LogP contribution in [0, 0.1) is 0 Å². The Morgan fingerprint density at radius 1 is 1.10 bits per heavy atom. The Balaban J connectivity index is 1.66. The molecule has 2 N–H and O–H groups in total. The van der Waals surface area contributed by atoms with Crippen molar-refractivity contribution in [3.8, 4) is 0 Å². The lowest BCUT2D eigenvalue weighted by molar-refractivity contribution is 0.258. The quantitative estimate of drug-likeness (QED) is 0.864. The molecule has 0 amide bonds. The minimum Gasteiger partial charge on any atom is -0.399 e. The second kappa shape index (κ2) is 5.27. The van der Waals surface area contributed by atoms with Crippen molar-refractivity contribution in [2.75, 3.05) is 31.1 Å². The molecule has 0 unspecified atom stereocenters. The van der Waals surface area contributed by atoms with Gasteiger partial charge in [0.15, 0.2) is 0 Å². The maximum Gasteiger partial charge on any atom is 0.0314 e. The maximum absolute atomic E-state index is 5.81. The van der Waals surface area contributed by atoms with Gasteiger partial charge in [-0.2, -0.15) is 11.8 Å². The highest BCUT2D eigenvalue weighted by Crippen LogP contribution is 2.49. The number of rotatable bonds is 3. The third-order valence-electron chi connectivity index (χ3n) is 4.83. The molecule has 3 rings (SSSR count). The lowest BCUT2D eigenvalue weighted by atomic mass is 9.94. The van der Waals surface area contributed by atoms with Crippen LogP contribution in [-0.2, 0) is 5.41 Å². The van der Waals surface area contributed by atoms with Crippen molar-refractivity contribution in [3.05, 3.63) is 29.8 Å². The number of hydrogen-bond donors (Lipinski definition) is 1. The van der Waals surface area contributed by atoms with Gasteiger partial charge in [-0.05, 0) is 43.5 Å². The summed E-state index contributed by atoms with van der Waals surface area (Å²) < 4.78 is 0.451. The van der Waals surface area contributed by atoms with Crippen LogP contribution in [0.2, 0.25) is 0 Å². The monoisotopic (exact) mass is 290 g/mol. The Bertz CT molecular complexity index is 462. The molecule has 1 aromatic rings. The molecule has 1 saturated carbocycles. The summed E-state index contributed by atoms with van der Waals surface area (Å²) in [5.41, 5.74) is 8.60. The predicted molar refractivity (Wildman–Crippen MR) is 89.4 cm³/mol. The molecule has 1 aliphatic carbocycles. The van der Waals surface area contributed by atoms with Gasteiger partial charge in [0.2, 0.25) is 0 Å². The van der Waals surface area contributed by atoms with Gasteiger partial charge in [-0.1, -0.05) is 26.0 Å². The first-order valence-corrected chi connectivity index (χ1v) is 8.70. The molecule has 110 valence electrons. The van der Waals surface area contributed by atoms with E-state index in [4.69, 9.17) is 5.73 Å². The number of hydrogen-bond acceptors (Lipinski definition) is 3. The number of nitrogen functional groups attached to an aromatic ring is 1. The fraction of sp³-hybridized carbons (Fsp3) is 0.647. The second-order valence-electron chi connectivity index (χ2n) is 7.04. The van der Waals surface area contributed by atoms with Crippen molar-refractivity contribution < 1.29 is 0 Å². The molecule has 0 aromatic heterocycles. The van der Waals surface area contributed by atoms with Gasteiger partial charge in [0.1, 0.15) is 0 Å². The molecular weight excluding hydrogens is 264 g/mol. The fourth-order valence-electron chi connectivity index (χ4n) is 3.17. The molecule has 1 aromatic carbocycles. The van der Waals surface area contributed by atoms with Crippen molar-refractivity contribution >= 4 is 17.4 Å². The van der Waals surface area contributed by atoms with Crippen LogP contribution in [0.25, 0.3) is 0 Å². The van der Waals surface area contributed by atoms with E-state index in [9.17, 15) is 0 Å². The average molecular weight is 290 g/mol. The number of anilines is 1. The molecule has 0 spiro atoms. The lowest BCUT2D eigenvalue weighted by Crippen LogP contribution is -2.34. The van der Waals surface area contributed by atoms with E-state index in [1.54, 1.807) is 0 Å². The van der Waals surface area contributed by atoms with Crippen molar-refractivity contribution in [2.24, 2.45) is 0 Å². The van der Waals surface area contributed by atoms with Crippen LogP contribution in [0.1, 0.15) is 38.7 Å². The summed E-state index contributed by atoms with van der Waals surface area (Å²) >= 11 is 2.13. The molecule has 2 nitrogen and oxygen atoms in total. The van der Waals surface area contributed by atoms with Gasteiger partial charge >= 0.3 is 0 Å². The molecule has 2 fully saturated rings. The predicted octanol–water partition coefficient (Wildman–Crippen LogP) is 3.52. The van der Waals surface area contributed by atoms with Gasteiger partial charge in [-0.3, -0.25) is 0 Å². The highest BCUT2D eigenvalue weighted by atomic mass is 32.2. The van der Waals surface area contributed by atoms with Crippen LogP contribution >= 0.6 is 11.8 Å². The van der Waals surface area contributed by atoms with Crippen molar-refractivity contribution in [1.82, 2.24) is 4.90 Å². The van der Waals surface area contributed by atoms with Gasteiger partial charge in [0.05, 0.1) is 0 Å². The number of thioether (sulfide) groups is 1. The normalized spacial score (nSPS) is 25.1. The summed E-state index contributed by atoms with van der Waals surface area (Å²) in [7, 11) is 0. The van der Waals surface area contributed by atoms with Crippen molar-refractivity contribution in [3.63, 3.8) is 0 Å². The molecule has 0 bridgehead atoms. The van der Waals surface area contributed by atoms with E-state index >= 15 is 0 Å². The molecule has 20 heavy (non-hydrogen) atoms. The van der Waals surface area contributed by atoms with Crippen LogP contribution in [-0.4, -0.2) is 35.0 Å². The molecule has 2 aliphatic rings. The third-order valence-corrected chi connectivity index (χ3v) is 6.21. The van der Waals surface area contributed by atoms with E-state index in [2.05, 4.69) is 54.8 Å². The number of nitrogens with zero attached hydrogens (tertiary/aromatic N) is 1. The summed E-state index contributed by atoms with van der Waals surface area (Å²) in [5.74, 6) is 1.27. The molecule has 0 radical (unpaired) electrons. The smallest absolute Gasteiger partial charge is 0.0314 e. The van der Waals surface area contributed by atoms with Crippen LogP contribution in [0.4, 0.5) is 5.69 Å². The first-order chi connectivity index (χ1) is 9.49. The zero-order chi connectivity index (χ0) is 14.2. The van der Waals surface area contributed by atoms with Gasteiger partial charge in [0, 0.05) is 34.7 Å². The van der Waals surface area contributed by atoms with E-state index < -0.39 is 0 Å². The Morgan fingerprint density at radius 2 is 1.80 bits per heavy atom. The summed E-state index contributed by atoms with van der Waals surface area (Å²) in [6.07, 6.45) is 3.98.